The van der Waals surface area contributed by atoms with E-state index in [9.17, 15) is 9.50 Å². The Morgan fingerprint density at radius 3 is 2.86 bits per heavy atom. The summed E-state index contributed by atoms with van der Waals surface area (Å²) in [5.41, 5.74) is 6.46. The maximum Gasteiger partial charge on any atom is 0.215 e. The number of aliphatic hydroxyl groups excluding tert-OH is 1. The first-order chi connectivity index (χ1) is 9.97. The van der Waals surface area contributed by atoms with Crippen molar-refractivity contribution in [1.29, 1.82) is 0 Å². The zero-order chi connectivity index (χ0) is 15.5. The minimum Gasteiger partial charge on any atom is -0.394 e. The topological polar surface area (TPSA) is 84.1 Å². The minimum atomic E-state index is -0.595. The van der Waals surface area contributed by atoms with Crippen LogP contribution in [0.25, 0.3) is 10.9 Å². The van der Waals surface area contributed by atoms with E-state index in [1.807, 2.05) is 6.92 Å². The molecule has 0 spiro atoms. The molecule has 0 radical (unpaired) electrons. The van der Waals surface area contributed by atoms with Crippen LogP contribution in [0.2, 0.25) is 0 Å². The number of nitrogens with two attached hydrogens (primary N) is 1. The third-order valence-corrected chi connectivity index (χ3v) is 3.55. The summed E-state index contributed by atoms with van der Waals surface area (Å²) in [7, 11) is 0. The number of unbranched alkanes of at least 4 members (excludes halogenated alkanes) is 1. The zero-order valence-corrected chi connectivity index (χ0v) is 12.4. The Labute approximate surface area is 123 Å². The van der Waals surface area contributed by atoms with Crippen LogP contribution in [-0.2, 0) is 0 Å². The number of halogens is 1. The van der Waals surface area contributed by atoms with E-state index >= 15 is 0 Å². The first-order valence-corrected chi connectivity index (χ1v) is 7.08. The van der Waals surface area contributed by atoms with Crippen LogP contribution in [0.5, 0.6) is 0 Å². The van der Waals surface area contributed by atoms with E-state index in [-0.39, 0.29) is 6.61 Å². The number of pyridine rings is 2. The van der Waals surface area contributed by atoms with Gasteiger partial charge in [0.25, 0.3) is 0 Å². The Hall–Kier alpha value is -1.95. The first kappa shape index (κ1) is 15.4. The van der Waals surface area contributed by atoms with Gasteiger partial charge in [0.15, 0.2) is 0 Å². The van der Waals surface area contributed by atoms with Crippen LogP contribution in [-0.4, -0.2) is 27.2 Å². The number of nitrogens with zero attached hydrogens (tertiary/aromatic N) is 2. The Morgan fingerprint density at radius 2 is 2.19 bits per heavy atom. The van der Waals surface area contributed by atoms with Crippen LogP contribution in [0.1, 0.15) is 33.1 Å². The van der Waals surface area contributed by atoms with Gasteiger partial charge in [0.2, 0.25) is 5.95 Å². The van der Waals surface area contributed by atoms with E-state index in [0.29, 0.717) is 22.4 Å². The highest BCUT2D eigenvalue weighted by Crippen LogP contribution is 2.28. The van der Waals surface area contributed by atoms with Gasteiger partial charge in [-0.15, -0.1) is 0 Å². The van der Waals surface area contributed by atoms with Crippen molar-refractivity contribution in [1.82, 2.24) is 9.97 Å². The second-order valence-corrected chi connectivity index (χ2v) is 5.57. The van der Waals surface area contributed by atoms with Crippen LogP contribution in [0.4, 0.5) is 15.9 Å². The second-order valence-electron chi connectivity index (χ2n) is 5.57. The summed E-state index contributed by atoms with van der Waals surface area (Å²) in [6.07, 6.45) is 4.29. The predicted octanol–water partition coefficient (Wildman–Crippen LogP) is 2.70. The fourth-order valence-electron chi connectivity index (χ4n) is 2.29. The van der Waals surface area contributed by atoms with Crippen molar-refractivity contribution in [2.75, 3.05) is 17.7 Å². The van der Waals surface area contributed by atoms with Crippen molar-refractivity contribution in [3.63, 3.8) is 0 Å². The molecule has 21 heavy (non-hydrogen) atoms. The van der Waals surface area contributed by atoms with Crippen molar-refractivity contribution in [2.45, 2.75) is 38.6 Å². The monoisotopic (exact) mass is 292 g/mol. The fraction of sp³-hybridized carbons (Fsp3) is 0.467. The molecule has 0 bridgehead atoms. The second kappa shape index (κ2) is 6.22. The molecule has 0 aliphatic heterocycles. The van der Waals surface area contributed by atoms with Crippen molar-refractivity contribution in [2.24, 2.45) is 0 Å². The lowest BCUT2D eigenvalue weighted by atomic mass is 9.95. The first-order valence-electron chi connectivity index (χ1n) is 7.08. The van der Waals surface area contributed by atoms with Crippen molar-refractivity contribution >= 4 is 22.4 Å². The molecule has 2 aromatic rings. The van der Waals surface area contributed by atoms with Gasteiger partial charge in [-0.2, -0.15) is 4.39 Å². The molecule has 1 atom stereocenters. The Morgan fingerprint density at radius 1 is 1.43 bits per heavy atom. The highest BCUT2D eigenvalue weighted by Gasteiger charge is 2.23. The number of nitrogen functional groups attached to an aromatic ring is 1. The number of hydrogen-bond donors (Lipinski definition) is 3. The molecule has 114 valence electrons. The number of hydrogen-bond acceptors (Lipinski definition) is 5. The van der Waals surface area contributed by atoms with E-state index in [2.05, 4.69) is 22.2 Å². The quantitative estimate of drug-likeness (QED) is 0.713. The van der Waals surface area contributed by atoms with Crippen molar-refractivity contribution < 1.29 is 9.50 Å². The van der Waals surface area contributed by atoms with Crippen LogP contribution in [0.3, 0.4) is 0 Å². The van der Waals surface area contributed by atoms with Gasteiger partial charge in [0.05, 0.1) is 17.7 Å². The van der Waals surface area contributed by atoms with Gasteiger partial charge < -0.3 is 16.2 Å². The summed E-state index contributed by atoms with van der Waals surface area (Å²) in [6, 6.07) is 2.93. The Balaban J connectivity index is 2.41. The summed E-state index contributed by atoms with van der Waals surface area (Å²) in [6.45, 7) is 4.04. The average molecular weight is 292 g/mol. The highest BCUT2D eigenvalue weighted by molar-refractivity contribution is 5.92. The molecule has 0 aliphatic rings. The van der Waals surface area contributed by atoms with E-state index in [1.54, 1.807) is 6.07 Å². The van der Waals surface area contributed by atoms with Gasteiger partial charge in [0, 0.05) is 29.4 Å². The number of anilines is 2. The van der Waals surface area contributed by atoms with Gasteiger partial charge >= 0.3 is 0 Å². The molecule has 6 heteroatoms. The molecular formula is C15H21FN4O. The number of aliphatic hydroxyl groups is 1. The maximum absolute atomic E-state index is 13.2. The van der Waals surface area contributed by atoms with Crippen LogP contribution in [0.15, 0.2) is 18.3 Å². The number of rotatable bonds is 6. The third-order valence-electron chi connectivity index (χ3n) is 3.55. The molecule has 0 amide bonds. The van der Waals surface area contributed by atoms with Gasteiger partial charge in [0.1, 0.15) is 5.82 Å². The smallest absolute Gasteiger partial charge is 0.215 e. The molecule has 0 aromatic carbocycles. The van der Waals surface area contributed by atoms with Crippen molar-refractivity contribution in [3.05, 3.63) is 24.3 Å². The van der Waals surface area contributed by atoms with Crippen LogP contribution >= 0.6 is 0 Å². The molecule has 0 aliphatic carbocycles. The molecule has 2 heterocycles. The molecule has 0 saturated carbocycles. The zero-order valence-electron chi connectivity index (χ0n) is 12.4. The fourth-order valence-corrected chi connectivity index (χ4v) is 2.29. The number of fused-ring (bicyclic) bond motifs is 1. The van der Waals surface area contributed by atoms with E-state index in [4.69, 9.17) is 5.73 Å². The summed E-state index contributed by atoms with van der Waals surface area (Å²) in [5, 5.41) is 13.7. The molecular weight excluding hydrogens is 271 g/mol. The lowest BCUT2D eigenvalue weighted by Crippen LogP contribution is -2.38. The molecule has 5 nitrogen and oxygen atoms in total. The normalized spacial score (nSPS) is 14.1. The SMILES string of the molecule is CCCC[C@](C)(CO)Nc1cc(N)nc2cc(F)ncc12. The molecule has 4 N–H and O–H groups in total. The Kier molecular flexibility index (Phi) is 4.57. The molecule has 0 saturated heterocycles. The summed E-state index contributed by atoms with van der Waals surface area (Å²) < 4.78 is 13.2. The van der Waals surface area contributed by atoms with Crippen molar-refractivity contribution in [3.8, 4) is 0 Å². The van der Waals surface area contributed by atoms with Crippen LogP contribution < -0.4 is 11.1 Å². The molecule has 2 aromatic heterocycles. The van der Waals surface area contributed by atoms with E-state index in [1.165, 1.54) is 12.3 Å². The van der Waals surface area contributed by atoms with Gasteiger partial charge in [-0.05, 0) is 13.3 Å². The maximum atomic E-state index is 13.2. The average Bonchev–Trinajstić information content (AvgIpc) is 2.44. The summed E-state index contributed by atoms with van der Waals surface area (Å²) >= 11 is 0. The summed E-state index contributed by atoms with van der Waals surface area (Å²) in [5.74, 6) is -0.297. The highest BCUT2D eigenvalue weighted by atomic mass is 19.1. The molecule has 2 rings (SSSR count). The number of aromatic nitrogens is 2. The molecule has 0 fully saturated rings. The predicted molar refractivity (Wildman–Crippen MR) is 82.5 cm³/mol. The van der Waals surface area contributed by atoms with Gasteiger partial charge in [-0.1, -0.05) is 19.8 Å². The lowest BCUT2D eigenvalue weighted by molar-refractivity contribution is 0.212. The Bertz CT molecular complexity index is 629. The van der Waals surface area contributed by atoms with Gasteiger partial charge in [-0.3, -0.25) is 0 Å². The molecule has 0 unspecified atom stereocenters. The minimum absolute atomic E-state index is 0.00859. The lowest BCUT2D eigenvalue weighted by Gasteiger charge is -2.30. The van der Waals surface area contributed by atoms with Crippen LogP contribution in [0, 0.1) is 5.95 Å². The van der Waals surface area contributed by atoms with Gasteiger partial charge in [-0.25, -0.2) is 9.97 Å². The third kappa shape index (κ3) is 3.58. The number of nitrogens with one attached hydrogen (secondary N) is 1. The van der Waals surface area contributed by atoms with E-state index < -0.39 is 11.5 Å². The van der Waals surface area contributed by atoms with E-state index in [0.717, 1.165) is 19.3 Å². The largest absolute Gasteiger partial charge is 0.394 e. The summed E-state index contributed by atoms with van der Waals surface area (Å²) in [4.78, 5) is 7.78. The standard InChI is InChI=1S/C15H21FN4O/c1-3-4-5-15(2,9-21)20-12-7-14(17)19-11-6-13(16)18-8-10(11)12/h6-8,21H,3-5,9H2,1-2H3,(H3,17,19,20)/t15-/m1/s1.